The van der Waals surface area contributed by atoms with Crippen LogP contribution in [0.1, 0.15) is 33.6 Å². The molecule has 2 fully saturated rings. The fourth-order valence-corrected chi connectivity index (χ4v) is 3.97. The van der Waals surface area contributed by atoms with E-state index in [-0.39, 0.29) is 24.0 Å². The first-order valence-electron chi connectivity index (χ1n) is 11.0. The molecular weight excluding hydrogens is 410 g/mol. The molecular formula is C24H29N3O5. The largest absolute Gasteiger partial charge is 0.490 e. The van der Waals surface area contributed by atoms with E-state index in [1.165, 1.54) is 0 Å². The number of carbonyl (C=O) groups excluding carboxylic acids is 2. The van der Waals surface area contributed by atoms with Gasteiger partial charge in [-0.1, -0.05) is 0 Å². The Morgan fingerprint density at radius 1 is 1.12 bits per heavy atom. The average molecular weight is 440 g/mol. The van der Waals surface area contributed by atoms with Crippen molar-refractivity contribution < 1.29 is 23.8 Å². The van der Waals surface area contributed by atoms with E-state index in [1.807, 2.05) is 17.0 Å². The number of ether oxygens (including phenoxy) is 3. The first-order chi connectivity index (χ1) is 15.6. The van der Waals surface area contributed by atoms with Gasteiger partial charge in [0, 0.05) is 57.5 Å². The van der Waals surface area contributed by atoms with Crippen molar-refractivity contribution in [3.8, 4) is 5.75 Å². The Hall–Kier alpha value is -2.97. The summed E-state index contributed by atoms with van der Waals surface area (Å²) in [6.07, 6.45) is 4.74. The third kappa shape index (κ3) is 5.63. The number of carbonyl (C=O) groups is 2. The van der Waals surface area contributed by atoms with Crippen LogP contribution in [-0.2, 0) is 9.47 Å². The second-order valence-electron chi connectivity index (χ2n) is 8.13. The summed E-state index contributed by atoms with van der Waals surface area (Å²) < 4.78 is 17.1. The Kier molecular flexibility index (Phi) is 7.34. The Labute approximate surface area is 188 Å². The molecule has 2 aliphatic heterocycles. The van der Waals surface area contributed by atoms with Crippen LogP contribution in [0.25, 0.3) is 0 Å². The van der Waals surface area contributed by atoms with Gasteiger partial charge in [-0.3, -0.25) is 14.6 Å². The molecule has 1 aromatic carbocycles. The molecule has 0 saturated carbocycles. The van der Waals surface area contributed by atoms with Gasteiger partial charge in [-0.15, -0.1) is 0 Å². The predicted molar refractivity (Wildman–Crippen MR) is 118 cm³/mol. The van der Waals surface area contributed by atoms with Gasteiger partial charge >= 0.3 is 0 Å². The van der Waals surface area contributed by atoms with Crippen molar-refractivity contribution in [1.82, 2.24) is 14.8 Å². The summed E-state index contributed by atoms with van der Waals surface area (Å²) in [6.45, 7) is 3.47. The van der Waals surface area contributed by atoms with E-state index in [4.69, 9.17) is 14.2 Å². The second kappa shape index (κ2) is 10.6. The molecule has 0 aliphatic carbocycles. The summed E-state index contributed by atoms with van der Waals surface area (Å²) in [5, 5.41) is 0. The Morgan fingerprint density at radius 3 is 2.56 bits per heavy atom. The van der Waals surface area contributed by atoms with Gasteiger partial charge in [-0.2, -0.15) is 0 Å². The quantitative estimate of drug-likeness (QED) is 0.687. The molecule has 2 aromatic rings. The maximum Gasteiger partial charge on any atom is 0.255 e. The number of hydrogen-bond donors (Lipinski definition) is 0. The van der Waals surface area contributed by atoms with Gasteiger partial charge in [0.25, 0.3) is 11.8 Å². The minimum Gasteiger partial charge on any atom is -0.490 e. The molecule has 3 heterocycles. The summed E-state index contributed by atoms with van der Waals surface area (Å²) in [4.78, 5) is 32.7. The lowest BCUT2D eigenvalue weighted by atomic mass is 10.1. The highest BCUT2D eigenvalue weighted by molar-refractivity contribution is 5.94. The Morgan fingerprint density at radius 2 is 1.91 bits per heavy atom. The van der Waals surface area contributed by atoms with E-state index in [0.717, 1.165) is 18.6 Å². The van der Waals surface area contributed by atoms with Gasteiger partial charge in [-0.05, 0) is 36.4 Å². The van der Waals surface area contributed by atoms with Gasteiger partial charge in [-0.25, -0.2) is 0 Å². The number of hydrogen-bond acceptors (Lipinski definition) is 6. The molecule has 2 aliphatic rings. The molecule has 0 spiro atoms. The fourth-order valence-electron chi connectivity index (χ4n) is 3.97. The first-order valence-corrected chi connectivity index (χ1v) is 11.0. The SMILES string of the molecule is CN(CC1COCCO1)C(=O)c1ccc(OC2CCN(C(=O)c3cccnc3)CC2)cc1. The van der Waals surface area contributed by atoms with Crippen molar-refractivity contribution >= 4 is 11.8 Å². The van der Waals surface area contributed by atoms with Crippen LogP contribution in [0.15, 0.2) is 48.8 Å². The summed E-state index contributed by atoms with van der Waals surface area (Å²) >= 11 is 0. The molecule has 1 unspecified atom stereocenters. The maximum atomic E-state index is 12.7. The number of likely N-dealkylation sites (N-methyl/N-ethyl adjacent to an activating group) is 1. The minimum absolute atomic E-state index is 0.00808. The van der Waals surface area contributed by atoms with E-state index < -0.39 is 0 Å². The molecule has 2 saturated heterocycles. The van der Waals surface area contributed by atoms with Gasteiger partial charge in [0.15, 0.2) is 0 Å². The fraction of sp³-hybridized carbons (Fsp3) is 0.458. The van der Waals surface area contributed by atoms with Crippen molar-refractivity contribution in [2.24, 2.45) is 0 Å². The molecule has 170 valence electrons. The van der Waals surface area contributed by atoms with Crippen LogP contribution in [0.5, 0.6) is 5.75 Å². The first kappa shape index (κ1) is 22.2. The second-order valence-corrected chi connectivity index (χ2v) is 8.13. The van der Waals surface area contributed by atoms with Crippen molar-refractivity contribution in [1.29, 1.82) is 0 Å². The summed E-state index contributed by atoms with van der Waals surface area (Å²) in [5.74, 6) is 0.673. The molecule has 1 aromatic heterocycles. The molecule has 4 rings (SSSR count). The van der Waals surface area contributed by atoms with E-state index in [1.54, 1.807) is 48.6 Å². The molecule has 1 atom stereocenters. The van der Waals surface area contributed by atoms with Crippen LogP contribution in [0.2, 0.25) is 0 Å². The molecule has 8 nitrogen and oxygen atoms in total. The van der Waals surface area contributed by atoms with Crippen LogP contribution in [0.3, 0.4) is 0 Å². The van der Waals surface area contributed by atoms with E-state index >= 15 is 0 Å². The van der Waals surface area contributed by atoms with Crippen LogP contribution >= 0.6 is 0 Å². The monoisotopic (exact) mass is 439 g/mol. The van der Waals surface area contributed by atoms with Gasteiger partial charge in [0.05, 0.1) is 31.5 Å². The highest BCUT2D eigenvalue weighted by atomic mass is 16.6. The van der Waals surface area contributed by atoms with Crippen molar-refractivity contribution in [2.75, 3.05) is 46.5 Å². The van der Waals surface area contributed by atoms with E-state index in [2.05, 4.69) is 4.98 Å². The minimum atomic E-state index is -0.0868. The lowest BCUT2D eigenvalue weighted by molar-refractivity contribution is -0.0933. The van der Waals surface area contributed by atoms with Crippen molar-refractivity contribution in [3.05, 3.63) is 59.9 Å². The number of likely N-dealkylation sites (tertiary alicyclic amines) is 1. The number of benzene rings is 1. The molecule has 32 heavy (non-hydrogen) atoms. The Bertz CT molecular complexity index is 892. The van der Waals surface area contributed by atoms with Crippen LogP contribution in [-0.4, -0.2) is 85.3 Å². The number of piperidine rings is 1. The lowest BCUT2D eigenvalue weighted by Gasteiger charge is -2.32. The van der Waals surface area contributed by atoms with Crippen LogP contribution in [0.4, 0.5) is 0 Å². The predicted octanol–water partition coefficient (Wildman–Crippen LogP) is 2.25. The number of pyridine rings is 1. The average Bonchev–Trinajstić information content (AvgIpc) is 2.85. The number of aromatic nitrogens is 1. The normalized spacial score (nSPS) is 19.4. The topological polar surface area (TPSA) is 81.2 Å². The number of rotatable bonds is 6. The van der Waals surface area contributed by atoms with E-state index in [9.17, 15) is 9.59 Å². The number of nitrogens with zero attached hydrogens (tertiary/aromatic N) is 3. The smallest absolute Gasteiger partial charge is 0.255 e. The lowest BCUT2D eigenvalue weighted by Crippen LogP contribution is -2.41. The molecule has 2 amide bonds. The summed E-state index contributed by atoms with van der Waals surface area (Å²) in [7, 11) is 1.77. The van der Waals surface area contributed by atoms with Crippen LogP contribution < -0.4 is 4.74 Å². The van der Waals surface area contributed by atoms with Crippen LogP contribution in [0, 0.1) is 0 Å². The zero-order valence-electron chi connectivity index (χ0n) is 18.3. The maximum absolute atomic E-state index is 12.7. The standard InChI is InChI=1S/C24H29N3O5/c1-26(16-22-17-30-13-14-31-22)23(28)18-4-6-20(7-5-18)32-21-8-11-27(12-9-21)24(29)19-3-2-10-25-15-19/h2-7,10,15,21-22H,8-9,11-14,16-17H2,1H3. The molecule has 0 bridgehead atoms. The highest BCUT2D eigenvalue weighted by Crippen LogP contribution is 2.21. The van der Waals surface area contributed by atoms with Crippen molar-refractivity contribution in [3.63, 3.8) is 0 Å². The Balaban J connectivity index is 1.25. The highest BCUT2D eigenvalue weighted by Gasteiger charge is 2.25. The van der Waals surface area contributed by atoms with Gasteiger partial charge in [0.1, 0.15) is 11.9 Å². The van der Waals surface area contributed by atoms with Gasteiger partial charge < -0.3 is 24.0 Å². The third-order valence-corrected chi connectivity index (χ3v) is 5.75. The summed E-state index contributed by atoms with van der Waals surface area (Å²) in [6, 6.07) is 10.8. The van der Waals surface area contributed by atoms with Gasteiger partial charge in [0.2, 0.25) is 0 Å². The van der Waals surface area contributed by atoms with Crippen molar-refractivity contribution in [2.45, 2.75) is 25.0 Å². The van der Waals surface area contributed by atoms with E-state index in [0.29, 0.717) is 50.6 Å². The zero-order chi connectivity index (χ0) is 22.3. The molecule has 0 radical (unpaired) electrons. The molecule has 0 N–H and O–H groups in total. The third-order valence-electron chi connectivity index (χ3n) is 5.75. The molecule has 8 heteroatoms. The zero-order valence-corrected chi connectivity index (χ0v) is 18.3. The number of amides is 2. The summed E-state index contributed by atoms with van der Waals surface area (Å²) in [5.41, 5.74) is 1.22.